The molecule has 1 N–H and O–H groups in total. The van der Waals surface area contributed by atoms with E-state index in [1.54, 1.807) is 20.4 Å². The lowest BCUT2D eigenvalue weighted by Crippen LogP contribution is -2.16. The molecule has 0 bridgehead atoms. The highest BCUT2D eigenvalue weighted by Crippen LogP contribution is 2.38. The number of nitrogens with zero attached hydrogens (tertiary/aromatic N) is 1. The van der Waals surface area contributed by atoms with Crippen LogP contribution in [0.3, 0.4) is 0 Å². The van der Waals surface area contributed by atoms with Crippen LogP contribution in [0.1, 0.15) is 16.8 Å². The Balaban J connectivity index is 2.02. The molecule has 0 fully saturated rings. The highest BCUT2D eigenvalue weighted by atomic mass is 16.5. The molecule has 136 valence electrons. The minimum Gasteiger partial charge on any atom is -0.493 e. The minimum atomic E-state index is -0.118. The number of nitrogens with one attached hydrogen (secondary N) is 1. The van der Waals surface area contributed by atoms with Crippen molar-refractivity contribution in [2.24, 2.45) is 0 Å². The van der Waals surface area contributed by atoms with Crippen LogP contribution in [0, 0.1) is 6.92 Å². The van der Waals surface area contributed by atoms with Gasteiger partial charge in [-0.15, -0.1) is 0 Å². The predicted octanol–water partition coefficient (Wildman–Crippen LogP) is 3.99. The third-order valence-electron chi connectivity index (χ3n) is 4.93. The number of hydrogen-bond donors (Lipinski definition) is 1. The number of fused-ring (bicyclic) bond motifs is 2. The number of pyridine rings is 2. The van der Waals surface area contributed by atoms with Gasteiger partial charge >= 0.3 is 0 Å². The topological polar surface area (TPSA) is 64.2 Å². The van der Waals surface area contributed by atoms with Crippen LogP contribution in [0.4, 0.5) is 0 Å². The van der Waals surface area contributed by atoms with Crippen molar-refractivity contribution in [2.45, 2.75) is 13.3 Å². The minimum absolute atomic E-state index is 0.118. The summed E-state index contributed by atoms with van der Waals surface area (Å²) in [7, 11) is 3.19. The van der Waals surface area contributed by atoms with E-state index in [0.29, 0.717) is 23.5 Å². The molecule has 5 heteroatoms. The second-order valence-corrected chi connectivity index (χ2v) is 6.45. The van der Waals surface area contributed by atoms with Gasteiger partial charge in [0.1, 0.15) is 0 Å². The predicted molar refractivity (Wildman–Crippen MR) is 107 cm³/mol. The fraction of sp³-hybridized carbons (Fsp3) is 0.182. The van der Waals surface area contributed by atoms with E-state index in [9.17, 15) is 4.79 Å². The van der Waals surface area contributed by atoms with Crippen LogP contribution in [0.25, 0.3) is 21.7 Å². The van der Waals surface area contributed by atoms with Gasteiger partial charge in [0.15, 0.2) is 11.5 Å². The average molecular weight is 360 g/mol. The van der Waals surface area contributed by atoms with Gasteiger partial charge in [-0.05, 0) is 36.8 Å². The van der Waals surface area contributed by atoms with Crippen LogP contribution in [0.5, 0.6) is 11.5 Å². The highest BCUT2D eigenvalue weighted by molar-refractivity contribution is 5.95. The first kappa shape index (κ1) is 17.1. The summed E-state index contributed by atoms with van der Waals surface area (Å²) in [5, 5.41) is 2.77. The second kappa shape index (κ2) is 6.76. The number of aryl methyl sites for hydroxylation is 1. The third-order valence-corrected chi connectivity index (χ3v) is 4.93. The van der Waals surface area contributed by atoms with E-state index in [2.05, 4.69) is 9.97 Å². The van der Waals surface area contributed by atoms with Crippen molar-refractivity contribution in [2.75, 3.05) is 14.2 Å². The van der Waals surface area contributed by atoms with Crippen LogP contribution in [0.15, 0.2) is 53.5 Å². The Kier molecular flexibility index (Phi) is 4.28. The summed E-state index contributed by atoms with van der Waals surface area (Å²) in [6.07, 6.45) is 2.25. The highest BCUT2D eigenvalue weighted by Gasteiger charge is 2.18. The molecule has 0 saturated heterocycles. The van der Waals surface area contributed by atoms with Crippen LogP contribution >= 0.6 is 0 Å². The standard InChI is InChI=1S/C22H20N2O3/c1-13-15-8-9-19(26-2)21(27-3)20(15)17(22(25)24-13)12-14-10-11-23-18-7-5-4-6-16(14)18/h4-11H,12H2,1-3H3,(H,24,25). The lowest BCUT2D eigenvalue weighted by atomic mass is 9.96. The molecule has 2 heterocycles. The molecule has 0 unspecified atom stereocenters. The Bertz CT molecular complexity index is 1210. The van der Waals surface area contributed by atoms with Crippen molar-refractivity contribution < 1.29 is 9.47 Å². The van der Waals surface area contributed by atoms with Crippen LogP contribution in [0.2, 0.25) is 0 Å². The van der Waals surface area contributed by atoms with Crippen molar-refractivity contribution in [3.63, 3.8) is 0 Å². The molecule has 27 heavy (non-hydrogen) atoms. The maximum atomic E-state index is 12.9. The van der Waals surface area contributed by atoms with Gasteiger partial charge in [-0.2, -0.15) is 0 Å². The molecule has 2 aromatic carbocycles. The van der Waals surface area contributed by atoms with E-state index >= 15 is 0 Å². The number of para-hydroxylation sites is 1. The maximum Gasteiger partial charge on any atom is 0.252 e. The molecule has 4 aromatic rings. The van der Waals surface area contributed by atoms with E-state index in [1.165, 1.54) is 0 Å². The third kappa shape index (κ3) is 2.81. The molecule has 0 radical (unpaired) electrons. The average Bonchev–Trinajstić information content (AvgIpc) is 2.70. The molecule has 0 aliphatic carbocycles. The lowest BCUT2D eigenvalue weighted by molar-refractivity contribution is 0.358. The Hall–Kier alpha value is -3.34. The zero-order valence-corrected chi connectivity index (χ0v) is 15.5. The number of rotatable bonds is 4. The summed E-state index contributed by atoms with van der Waals surface area (Å²) in [4.78, 5) is 20.3. The first-order valence-corrected chi connectivity index (χ1v) is 8.73. The Morgan fingerprint density at radius 1 is 1.00 bits per heavy atom. The summed E-state index contributed by atoms with van der Waals surface area (Å²) < 4.78 is 11.1. The molecule has 4 rings (SSSR count). The SMILES string of the molecule is COc1ccc2c(C)[nH]c(=O)c(Cc3ccnc4ccccc34)c2c1OC. The first-order valence-electron chi connectivity index (χ1n) is 8.73. The molecule has 0 atom stereocenters. The second-order valence-electron chi connectivity index (χ2n) is 6.45. The van der Waals surface area contributed by atoms with E-state index in [1.807, 2.05) is 49.4 Å². The first-order chi connectivity index (χ1) is 13.1. The van der Waals surface area contributed by atoms with Gasteiger partial charge < -0.3 is 14.5 Å². The fourth-order valence-electron chi connectivity index (χ4n) is 3.63. The monoisotopic (exact) mass is 360 g/mol. The quantitative estimate of drug-likeness (QED) is 0.598. The largest absolute Gasteiger partial charge is 0.493 e. The molecule has 5 nitrogen and oxygen atoms in total. The van der Waals surface area contributed by atoms with E-state index in [4.69, 9.17) is 9.47 Å². The number of ether oxygens (including phenoxy) is 2. The van der Waals surface area contributed by atoms with Gasteiger partial charge in [0, 0.05) is 40.0 Å². The Morgan fingerprint density at radius 3 is 2.59 bits per heavy atom. The van der Waals surface area contributed by atoms with Crippen molar-refractivity contribution in [3.8, 4) is 11.5 Å². The number of methoxy groups -OCH3 is 2. The Labute approximate surface area is 156 Å². The van der Waals surface area contributed by atoms with Crippen LogP contribution < -0.4 is 15.0 Å². The van der Waals surface area contributed by atoms with Gasteiger partial charge in [-0.3, -0.25) is 9.78 Å². The van der Waals surface area contributed by atoms with Crippen molar-refractivity contribution in [3.05, 3.63) is 75.8 Å². The van der Waals surface area contributed by atoms with Crippen molar-refractivity contribution in [1.82, 2.24) is 9.97 Å². The number of aromatic amines is 1. The summed E-state index contributed by atoms with van der Waals surface area (Å²) in [5.74, 6) is 1.19. The van der Waals surface area contributed by atoms with Crippen molar-refractivity contribution in [1.29, 1.82) is 0 Å². The normalized spacial score (nSPS) is 11.1. The molecule has 2 aromatic heterocycles. The van der Waals surface area contributed by atoms with Gasteiger partial charge in [0.05, 0.1) is 19.7 Å². The van der Waals surface area contributed by atoms with Gasteiger partial charge in [-0.1, -0.05) is 18.2 Å². The summed E-state index contributed by atoms with van der Waals surface area (Å²) in [6, 6.07) is 13.7. The summed E-state index contributed by atoms with van der Waals surface area (Å²) in [6.45, 7) is 1.89. The maximum absolute atomic E-state index is 12.9. The molecule has 0 aliphatic heterocycles. The Morgan fingerprint density at radius 2 is 1.81 bits per heavy atom. The number of aromatic nitrogens is 2. The molecule has 0 aliphatic rings. The number of benzene rings is 2. The van der Waals surface area contributed by atoms with Crippen molar-refractivity contribution >= 4 is 21.7 Å². The summed E-state index contributed by atoms with van der Waals surface area (Å²) in [5.41, 5.74) is 3.29. The van der Waals surface area contributed by atoms with E-state index in [-0.39, 0.29) is 5.56 Å². The van der Waals surface area contributed by atoms with Crippen LogP contribution in [-0.2, 0) is 6.42 Å². The molecular weight excluding hydrogens is 340 g/mol. The van der Waals surface area contributed by atoms with E-state index < -0.39 is 0 Å². The van der Waals surface area contributed by atoms with Gasteiger partial charge in [0.2, 0.25) is 0 Å². The number of hydrogen-bond acceptors (Lipinski definition) is 4. The number of H-pyrrole nitrogens is 1. The molecule has 0 saturated carbocycles. The zero-order valence-electron chi connectivity index (χ0n) is 15.5. The molecule has 0 amide bonds. The van der Waals surface area contributed by atoms with Gasteiger partial charge in [0.25, 0.3) is 5.56 Å². The van der Waals surface area contributed by atoms with Gasteiger partial charge in [-0.25, -0.2) is 0 Å². The zero-order chi connectivity index (χ0) is 19.0. The van der Waals surface area contributed by atoms with Crippen LogP contribution in [-0.4, -0.2) is 24.2 Å². The fourth-order valence-corrected chi connectivity index (χ4v) is 3.63. The van der Waals surface area contributed by atoms with E-state index in [0.717, 1.165) is 32.9 Å². The summed E-state index contributed by atoms with van der Waals surface area (Å²) >= 11 is 0. The lowest BCUT2D eigenvalue weighted by Gasteiger charge is -2.15. The molecule has 0 spiro atoms. The molecular formula is C22H20N2O3. The smallest absolute Gasteiger partial charge is 0.252 e.